The van der Waals surface area contributed by atoms with Crippen LogP contribution in [0.4, 0.5) is 16.2 Å². The number of furan rings is 1. The van der Waals surface area contributed by atoms with Gasteiger partial charge in [-0.1, -0.05) is 12.0 Å². The lowest BCUT2D eigenvalue weighted by Gasteiger charge is -2.22. The Hall–Kier alpha value is -2.92. The molecule has 2 amide bonds. The number of carbonyl (C=O) groups excluding carboxylic acids is 1. The third-order valence-corrected chi connectivity index (χ3v) is 6.18. The maximum atomic E-state index is 12.6. The van der Waals surface area contributed by atoms with E-state index in [2.05, 4.69) is 11.2 Å². The number of nitrogens with zero attached hydrogens (tertiary/aromatic N) is 2. The predicted octanol–water partition coefficient (Wildman–Crippen LogP) is 2.80. The van der Waals surface area contributed by atoms with Gasteiger partial charge in [0.15, 0.2) is 0 Å². The van der Waals surface area contributed by atoms with Gasteiger partial charge in [-0.25, -0.2) is 13.2 Å². The summed E-state index contributed by atoms with van der Waals surface area (Å²) in [5.41, 5.74) is 1.92. The van der Waals surface area contributed by atoms with E-state index in [9.17, 15) is 13.2 Å². The van der Waals surface area contributed by atoms with E-state index in [1.807, 2.05) is 6.92 Å². The van der Waals surface area contributed by atoms with Crippen molar-refractivity contribution < 1.29 is 17.6 Å². The maximum absolute atomic E-state index is 12.6. The molecule has 0 aliphatic carbocycles. The summed E-state index contributed by atoms with van der Waals surface area (Å²) in [5.74, 6) is 3.22. The third kappa shape index (κ3) is 4.26. The van der Waals surface area contributed by atoms with E-state index in [0.29, 0.717) is 30.1 Å². The number of amides is 2. The van der Waals surface area contributed by atoms with Gasteiger partial charge in [0.05, 0.1) is 30.8 Å². The second-order valence-electron chi connectivity index (χ2n) is 6.31. The lowest BCUT2D eigenvalue weighted by molar-refractivity contribution is 0.211. The summed E-state index contributed by atoms with van der Waals surface area (Å²) in [6, 6.07) is 8.32. The van der Waals surface area contributed by atoms with E-state index < -0.39 is 10.0 Å². The first kappa shape index (κ1) is 18.9. The van der Waals surface area contributed by atoms with Crippen LogP contribution in [0.1, 0.15) is 17.7 Å². The molecule has 1 aromatic heterocycles. The zero-order chi connectivity index (χ0) is 19.4. The normalized spacial score (nSPS) is 15.3. The first-order valence-electron chi connectivity index (χ1n) is 8.53. The Morgan fingerprint density at radius 1 is 1.41 bits per heavy atom. The fourth-order valence-electron chi connectivity index (χ4n) is 2.97. The van der Waals surface area contributed by atoms with Crippen molar-refractivity contribution >= 4 is 27.4 Å². The molecule has 0 bridgehead atoms. The Bertz CT molecular complexity index is 961. The van der Waals surface area contributed by atoms with Crippen LogP contribution >= 0.6 is 0 Å². The molecular formula is C19H21N3O4S. The Labute approximate surface area is 159 Å². The summed E-state index contributed by atoms with van der Waals surface area (Å²) < 4.78 is 31.1. The molecule has 1 saturated heterocycles. The molecule has 0 spiro atoms. The van der Waals surface area contributed by atoms with E-state index in [1.165, 1.54) is 15.5 Å². The molecule has 3 rings (SSSR count). The molecule has 142 valence electrons. The monoisotopic (exact) mass is 387 g/mol. The van der Waals surface area contributed by atoms with Gasteiger partial charge in [0.1, 0.15) is 5.76 Å². The smallest absolute Gasteiger partial charge is 0.323 e. The van der Waals surface area contributed by atoms with E-state index in [-0.39, 0.29) is 24.9 Å². The lowest BCUT2D eigenvalue weighted by atomic mass is 10.1. The average Bonchev–Trinajstić information content (AvgIpc) is 3.25. The van der Waals surface area contributed by atoms with E-state index in [1.54, 1.807) is 30.3 Å². The van der Waals surface area contributed by atoms with Crippen LogP contribution in [-0.2, 0) is 16.6 Å². The first-order chi connectivity index (χ1) is 12.9. The number of nitrogens with one attached hydrogen (secondary N) is 1. The minimum absolute atomic E-state index is 0.117. The molecule has 0 saturated carbocycles. The first-order valence-corrected chi connectivity index (χ1v) is 10.1. The molecular weight excluding hydrogens is 366 g/mol. The van der Waals surface area contributed by atoms with Gasteiger partial charge in [0, 0.05) is 12.2 Å². The third-order valence-electron chi connectivity index (χ3n) is 4.32. The van der Waals surface area contributed by atoms with Crippen LogP contribution in [-0.4, -0.2) is 38.2 Å². The van der Waals surface area contributed by atoms with Crippen LogP contribution in [0.3, 0.4) is 0 Å². The lowest BCUT2D eigenvalue weighted by Crippen LogP contribution is -2.34. The zero-order valence-corrected chi connectivity index (χ0v) is 15.8. The van der Waals surface area contributed by atoms with Crippen molar-refractivity contribution in [3.8, 4) is 12.3 Å². The van der Waals surface area contributed by atoms with Gasteiger partial charge in [-0.15, -0.1) is 6.42 Å². The molecule has 27 heavy (non-hydrogen) atoms. The molecule has 1 aromatic carbocycles. The summed E-state index contributed by atoms with van der Waals surface area (Å²) in [7, 11) is -3.30. The molecule has 2 aromatic rings. The number of rotatable bonds is 5. The molecule has 0 unspecified atom stereocenters. The molecule has 0 atom stereocenters. The topological polar surface area (TPSA) is 82.9 Å². The van der Waals surface area contributed by atoms with Crippen LogP contribution in [0.15, 0.2) is 41.0 Å². The van der Waals surface area contributed by atoms with Gasteiger partial charge in [-0.2, -0.15) is 0 Å². The molecule has 2 heterocycles. The molecule has 8 heteroatoms. The number of urea groups is 1. The molecule has 0 radical (unpaired) electrons. The summed E-state index contributed by atoms with van der Waals surface area (Å²) in [5, 5.41) is 2.79. The SMILES string of the molecule is C#CCN(Cc1ccco1)C(=O)Nc1ccc(C)c(N2CCCS2(=O)=O)c1. The number of hydrogen-bond donors (Lipinski definition) is 1. The van der Waals surface area contributed by atoms with Gasteiger partial charge in [-0.3, -0.25) is 4.31 Å². The van der Waals surface area contributed by atoms with Crippen molar-refractivity contribution in [2.45, 2.75) is 19.9 Å². The van der Waals surface area contributed by atoms with Crippen molar-refractivity contribution in [3.05, 3.63) is 47.9 Å². The minimum Gasteiger partial charge on any atom is -0.467 e. The van der Waals surface area contributed by atoms with E-state index in [4.69, 9.17) is 10.8 Å². The summed E-state index contributed by atoms with van der Waals surface area (Å²) in [6.07, 6.45) is 7.50. The number of terminal acetylenes is 1. The van der Waals surface area contributed by atoms with Crippen molar-refractivity contribution in [1.82, 2.24) is 4.90 Å². The van der Waals surface area contributed by atoms with Gasteiger partial charge in [0.2, 0.25) is 10.0 Å². The van der Waals surface area contributed by atoms with Gasteiger partial charge in [0.25, 0.3) is 0 Å². The van der Waals surface area contributed by atoms with E-state index in [0.717, 1.165) is 5.56 Å². The van der Waals surface area contributed by atoms with Crippen molar-refractivity contribution in [1.29, 1.82) is 0 Å². The number of hydrogen-bond acceptors (Lipinski definition) is 4. The van der Waals surface area contributed by atoms with Crippen LogP contribution in [0.2, 0.25) is 0 Å². The van der Waals surface area contributed by atoms with Gasteiger partial charge in [-0.05, 0) is 43.2 Å². The second kappa shape index (κ2) is 7.76. The van der Waals surface area contributed by atoms with Crippen molar-refractivity contribution in [2.75, 3.05) is 28.5 Å². The zero-order valence-electron chi connectivity index (χ0n) is 15.0. The minimum atomic E-state index is -3.30. The van der Waals surface area contributed by atoms with Crippen LogP contribution in [0.5, 0.6) is 0 Å². The highest BCUT2D eigenvalue weighted by molar-refractivity contribution is 7.93. The van der Waals surface area contributed by atoms with Crippen molar-refractivity contribution in [2.24, 2.45) is 0 Å². The fourth-order valence-corrected chi connectivity index (χ4v) is 4.59. The van der Waals surface area contributed by atoms with Crippen molar-refractivity contribution in [3.63, 3.8) is 0 Å². The summed E-state index contributed by atoms with van der Waals surface area (Å²) in [6.45, 7) is 2.65. The molecule has 1 aliphatic rings. The standard InChI is InChI=1S/C19H21N3O4S/c1-3-9-21(14-17-6-4-11-26-17)19(23)20-16-8-7-15(2)18(13-16)22-10-5-12-27(22,24)25/h1,4,6-8,11,13H,5,9-10,12,14H2,2H3,(H,20,23). The summed E-state index contributed by atoms with van der Waals surface area (Å²) in [4.78, 5) is 14.1. The summed E-state index contributed by atoms with van der Waals surface area (Å²) >= 11 is 0. The van der Waals surface area contributed by atoms with Crippen LogP contribution < -0.4 is 9.62 Å². The quantitative estimate of drug-likeness (QED) is 0.800. The average molecular weight is 387 g/mol. The Morgan fingerprint density at radius 2 is 2.22 bits per heavy atom. The highest BCUT2D eigenvalue weighted by Crippen LogP contribution is 2.30. The fraction of sp³-hybridized carbons (Fsp3) is 0.316. The highest BCUT2D eigenvalue weighted by atomic mass is 32.2. The molecule has 7 nitrogen and oxygen atoms in total. The van der Waals surface area contributed by atoms with E-state index >= 15 is 0 Å². The Balaban J connectivity index is 1.79. The predicted molar refractivity (Wildman–Crippen MR) is 104 cm³/mol. The molecule has 1 aliphatic heterocycles. The van der Waals surface area contributed by atoms with Gasteiger partial charge < -0.3 is 14.6 Å². The van der Waals surface area contributed by atoms with Crippen LogP contribution in [0, 0.1) is 19.3 Å². The van der Waals surface area contributed by atoms with Crippen LogP contribution in [0.25, 0.3) is 0 Å². The Morgan fingerprint density at radius 3 is 2.85 bits per heavy atom. The highest BCUT2D eigenvalue weighted by Gasteiger charge is 2.29. The maximum Gasteiger partial charge on any atom is 0.323 e. The Kier molecular flexibility index (Phi) is 5.42. The number of aryl methyl sites for hydroxylation is 1. The number of sulfonamides is 1. The molecule has 1 N–H and O–H groups in total. The number of anilines is 2. The largest absolute Gasteiger partial charge is 0.467 e. The number of benzene rings is 1. The molecule has 1 fully saturated rings. The number of carbonyl (C=O) groups is 1. The second-order valence-corrected chi connectivity index (χ2v) is 8.33. The van der Waals surface area contributed by atoms with Gasteiger partial charge >= 0.3 is 6.03 Å².